The van der Waals surface area contributed by atoms with Crippen molar-refractivity contribution in [2.45, 2.75) is 49.5 Å². The van der Waals surface area contributed by atoms with Crippen LogP contribution in [-0.4, -0.2) is 58.3 Å². The van der Waals surface area contributed by atoms with E-state index in [1.54, 1.807) is 6.20 Å². The summed E-state index contributed by atoms with van der Waals surface area (Å²) in [5.41, 5.74) is 2.46. The van der Waals surface area contributed by atoms with Crippen molar-refractivity contribution in [1.29, 1.82) is 0 Å². The van der Waals surface area contributed by atoms with Crippen LogP contribution < -0.4 is 5.32 Å². The van der Waals surface area contributed by atoms with Crippen LogP contribution in [0.25, 0.3) is 22.2 Å². The third kappa shape index (κ3) is 4.16. The van der Waals surface area contributed by atoms with Gasteiger partial charge >= 0.3 is 5.97 Å². The average Bonchev–Trinajstić information content (AvgIpc) is 3.31. The zero-order valence-electron chi connectivity index (χ0n) is 18.9. The molecule has 1 aliphatic heterocycles. The van der Waals surface area contributed by atoms with Crippen LogP contribution in [0.2, 0.25) is 0 Å². The van der Waals surface area contributed by atoms with Crippen molar-refractivity contribution < 1.29 is 19.0 Å². The van der Waals surface area contributed by atoms with Crippen molar-refractivity contribution in [3.05, 3.63) is 42.6 Å². The number of fused-ring (bicyclic) bond motifs is 2. The molecule has 8 nitrogen and oxygen atoms in total. The van der Waals surface area contributed by atoms with E-state index in [4.69, 9.17) is 24.2 Å². The fourth-order valence-electron chi connectivity index (χ4n) is 4.66. The van der Waals surface area contributed by atoms with E-state index in [0.717, 1.165) is 22.2 Å². The minimum atomic E-state index is -0.777. The monoisotopic (exact) mass is 466 g/mol. The number of benzene rings is 1. The maximum absolute atomic E-state index is 12.5. The summed E-state index contributed by atoms with van der Waals surface area (Å²) in [5.74, 6) is -0.830. The predicted molar refractivity (Wildman–Crippen MR) is 126 cm³/mol. The number of rotatable bonds is 5. The standard InChI is InChI=1S/C24H26N4O4S/c1-24(2)31-19-14(22(29)30-3)11-18(20(19)32-24)27-21-15(12-25-23(28-21)33-4)17-10-9-13-7-5-6-8-16(13)26-17/h5-10,12,14,18-20H,11H2,1-4H3,(H,25,27,28)/t14-,18+,19+,20-/m0/s1. The van der Waals surface area contributed by atoms with Gasteiger partial charge in [-0.25, -0.2) is 15.0 Å². The number of thioether (sulfide) groups is 1. The van der Waals surface area contributed by atoms with Gasteiger partial charge in [0.15, 0.2) is 10.9 Å². The van der Waals surface area contributed by atoms with Crippen LogP contribution in [0.4, 0.5) is 5.82 Å². The van der Waals surface area contributed by atoms with E-state index in [1.807, 2.05) is 56.5 Å². The number of esters is 1. The Labute approximate surface area is 196 Å². The molecule has 0 unspecified atom stereocenters. The van der Waals surface area contributed by atoms with E-state index < -0.39 is 11.7 Å². The molecule has 1 saturated heterocycles. The summed E-state index contributed by atoms with van der Waals surface area (Å²) in [6.45, 7) is 3.72. The number of carbonyl (C=O) groups is 1. The van der Waals surface area contributed by atoms with Crippen molar-refractivity contribution in [3.8, 4) is 11.3 Å². The predicted octanol–water partition coefficient (Wildman–Crippen LogP) is 3.91. The number of aromatic nitrogens is 3. The Morgan fingerprint density at radius 2 is 1.94 bits per heavy atom. The number of methoxy groups -OCH3 is 1. The average molecular weight is 467 g/mol. The molecule has 2 fully saturated rings. The molecule has 0 amide bonds. The van der Waals surface area contributed by atoms with Gasteiger partial charge in [-0.15, -0.1) is 0 Å². The fraction of sp³-hybridized carbons (Fsp3) is 0.417. The lowest BCUT2D eigenvalue weighted by Crippen LogP contribution is -2.35. The van der Waals surface area contributed by atoms with Crippen LogP contribution in [0.5, 0.6) is 0 Å². The second-order valence-electron chi connectivity index (χ2n) is 8.69. The number of carbonyl (C=O) groups excluding carboxylic acids is 1. The maximum atomic E-state index is 12.5. The maximum Gasteiger partial charge on any atom is 0.311 e. The molecule has 0 radical (unpaired) electrons. The number of anilines is 1. The van der Waals surface area contributed by atoms with Crippen LogP contribution in [-0.2, 0) is 19.0 Å². The topological polar surface area (TPSA) is 95.5 Å². The van der Waals surface area contributed by atoms with Crippen molar-refractivity contribution >= 4 is 34.5 Å². The first-order valence-electron chi connectivity index (χ1n) is 10.9. The summed E-state index contributed by atoms with van der Waals surface area (Å²) in [4.78, 5) is 26.5. The Balaban J connectivity index is 1.51. The summed E-state index contributed by atoms with van der Waals surface area (Å²) in [6, 6.07) is 11.8. The lowest BCUT2D eigenvalue weighted by molar-refractivity contribution is -0.167. The number of nitrogens with one attached hydrogen (secondary N) is 1. The van der Waals surface area contributed by atoms with E-state index in [1.165, 1.54) is 18.9 Å². The largest absolute Gasteiger partial charge is 0.469 e. The molecule has 33 heavy (non-hydrogen) atoms. The highest BCUT2D eigenvalue weighted by atomic mass is 32.2. The Morgan fingerprint density at radius 1 is 1.15 bits per heavy atom. The smallest absolute Gasteiger partial charge is 0.311 e. The molecule has 0 spiro atoms. The minimum absolute atomic E-state index is 0.190. The Morgan fingerprint density at radius 3 is 2.73 bits per heavy atom. The van der Waals surface area contributed by atoms with Crippen molar-refractivity contribution in [3.63, 3.8) is 0 Å². The van der Waals surface area contributed by atoms with E-state index >= 15 is 0 Å². The normalized spacial score (nSPS) is 25.7. The van der Waals surface area contributed by atoms with Crippen LogP contribution in [0.15, 0.2) is 47.8 Å². The SMILES string of the molecule is COC(=O)[C@H]1C[C@@H](Nc2nc(SC)ncc2-c2ccc3ccccc3n2)[C@@H]2OC(C)(C)O[C@@H]21. The number of para-hydroxylation sites is 1. The lowest BCUT2D eigenvalue weighted by Gasteiger charge is -2.24. The van der Waals surface area contributed by atoms with Crippen molar-refractivity contribution in [2.75, 3.05) is 18.7 Å². The van der Waals surface area contributed by atoms with Gasteiger partial charge in [0.1, 0.15) is 18.0 Å². The molecule has 5 rings (SSSR count). The fourth-order valence-corrected chi connectivity index (χ4v) is 5.00. The molecule has 4 atom stereocenters. The molecular weight excluding hydrogens is 440 g/mol. The Bertz CT molecular complexity index is 1200. The van der Waals surface area contributed by atoms with E-state index in [-0.39, 0.29) is 24.2 Å². The third-order valence-electron chi connectivity index (χ3n) is 6.11. The molecule has 1 saturated carbocycles. The second-order valence-corrected chi connectivity index (χ2v) is 9.46. The van der Waals surface area contributed by atoms with Gasteiger partial charge in [-0.05, 0) is 38.7 Å². The molecule has 1 aromatic carbocycles. The van der Waals surface area contributed by atoms with Gasteiger partial charge in [0.2, 0.25) is 0 Å². The van der Waals surface area contributed by atoms with Gasteiger partial charge < -0.3 is 19.5 Å². The highest BCUT2D eigenvalue weighted by Gasteiger charge is 2.56. The first-order valence-corrected chi connectivity index (χ1v) is 12.1. The number of hydrogen-bond donors (Lipinski definition) is 1. The van der Waals surface area contributed by atoms with E-state index in [0.29, 0.717) is 17.4 Å². The summed E-state index contributed by atoms with van der Waals surface area (Å²) in [7, 11) is 1.40. The van der Waals surface area contributed by atoms with Crippen LogP contribution in [0.3, 0.4) is 0 Å². The molecule has 1 N–H and O–H groups in total. The van der Waals surface area contributed by atoms with E-state index in [9.17, 15) is 4.79 Å². The zero-order chi connectivity index (χ0) is 23.2. The summed E-state index contributed by atoms with van der Waals surface area (Å²) in [6.07, 6.45) is 3.55. The Kier molecular flexibility index (Phi) is 5.72. The van der Waals surface area contributed by atoms with Crippen LogP contribution >= 0.6 is 11.8 Å². The molecule has 1 aliphatic carbocycles. The molecule has 3 aromatic rings. The molecule has 2 aliphatic rings. The van der Waals surface area contributed by atoms with Gasteiger partial charge in [0.25, 0.3) is 0 Å². The molecule has 9 heteroatoms. The van der Waals surface area contributed by atoms with Crippen LogP contribution in [0, 0.1) is 5.92 Å². The van der Waals surface area contributed by atoms with Gasteiger partial charge in [-0.1, -0.05) is 36.0 Å². The number of nitrogens with zero attached hydrogens (tertiary/aromatic N) is 3. The van der Waals surface area contributed by atoms with Gasteiger partial charge in [-0.3, -0.25) is 4.79 Å². The first-order chi connectivity index (χ1) is 15.9. The first kappa shape index (κ1) is 22.1. The minimum Gasteiger partial charge on any atom is -0.469 e. The second kappa shape index (κ2) is 8.55. The molecule has 0 bridgehead atoms. The molecule has 3 heterocycles. The summed E-state index contributed by atoms with van der Waals surface area (Å²) < 4.78 is 17.3. The van der Waals surface area contributed by atoms with Crippen molar-refractivity contribution in [2.24, 2.45) is 5.92 Å². The van der Waals surface area contributed by atoms with Gasteiger partial charge in [0.05, 0.1) is 35.8 Å². The summed E-state index contributed by atoms with van der Waals surface area (Å²) in [5, 5.41) is 5.24. The zero-order valence-corrected chi connectivity index (χ0v) is 19.8. The molecule has 172 valence electrons. The van der Waals surface area contributed by atoms with Crippen molar-refractivity contribution in [1.82, 2.24) is 15.0 Å². The quantitative estimate of drug-likeness (QED) is 0.341. The lowest BCUT2D eigenvalue weighted by atomic mass is 10.1. The van der Waals surface area contributed by atoms with E-state index in [2.05, 4.69) is 10.3 Å². The highest BCUT2D eigenvalue weighted by molar-refractivity contribution is 7.98. The Hall–Kier alpha value is -2.75. The summed E-state index contributed by atoms with van der Waals surface area (Å²) >= 11 is 1.46. The van der Waals surface area contributed by atoms with Gasteiger partial charge in [0, 0.05) is 11.6 Å². The number of pyridine rings is 1. The third-order valence-corrected chi connectivity index (χ3v) is 6.68. The molecular formula is C24H26N4O4S. The highest BCUT2D eigenvalue weighted by Crippen LogP contribution is 2.43. The molecule has 2 aromatic heterocycles. The van der Waals surface area contributed by atoms with Crippen LogP contribution in [0.1, 0.15) is 20.3 Å². The van der Waals surface area contributed by atoms with Gasteiger partial charge in [-0.2, -0.15) is 0 Å². The number of ether oxygens (including phenoxy) is 3. The number of hydrogen-bond acceptors (Lipinski definition) is 9.